The average molecular weight is 455 g/mol. The summed E-state index contributed by atoms with van der Waals surface area (Å²) in [5.41, 5.74) is 2.69. The maximum absolute atomic E-state index is 10.5. The van der Waals surface area contributed by atoms with Crippen LogP contribution >= 0.6 is 19.5 Å². The van der Waals surface area contributed by atoms with Crippen LogP contribution in [0.1, 0.15) is 41.5 Å². The molecule has 22 heavy (non-hydrogen) atoms. The fourth-order valence-corrected chi connectivity index (χ4v) is 5.37. The number of rotatable bonds is 4. The van der Waals surface area contributed by atoms with E-state index >= 15 is 0 Å². The van der Waals surface area contributed by atoms with Gasteiger partial charge in [-0.3, -0.25) is 0 Å². The standard InChI is InChI=1S/C9H21P.C3H4Cl.C2HF3O2.Pd/c1-7(2)10(8(3)4)9(5)6;1-3(2)4;3-2(4,5)1(6)7;/h7-9H,1-6H3;1-2H2;(H,6,7);/q;;;+1/p-1. The van der Waals surface area contributed by atoms with Crippen molar-refractivity contribution in [3.63, 3.8) is 0 Å². The van der Waals surface area contributed by atoms with Crippen molar-refractivity contribution in [2.45, 2.75) is 69.6 Å². The maximum atomic E-state index is 10.5. The molecule has 0 unspecified atom stereocenters. The van der Waals surface area contributed by atoms with Gasteiger partial charge in [0.1, 0.15) is 5.97 Å². The van der Waals surface area contributed by atoms with Crippen LogP contribution in [0.15, 0.2) is 11.6 Å². The Bertz CT molecular complexity index is 303. The van der Waals surface area contributed by atoms with Crippen LogP contribution in [0.25, 0.3) is 0 Å². The topological polar surface area (TPSA) is 40.1 Å². The minimum atomic E-state index is -5.19. The molecule has 0 radical (unpaired) electrons. The molecular formula is C14H25ClF3O2PPd. The molecule has 0 saturated heterocycles. The molecule has 136 valence electrons. The monoisotopic (exact) mass is 454 g/mol. The van der Waals surface area contributed by atoms with Gasteiger partial charge in [0.25, 0.3) is 0 Å². The molecule has 0 fully saturated rings. The Labute approximate surface area is 149 Å². The number of hydrogen-bond donors (Lipinski definition) is 0. The van der Waals surface area contributed by atoms with Crippen LogP contribution in [0.5, 0.6) is 0 Å². The Balaban J connectivity index is -0.000000263. The molecule has 0 heterocycles. The van der Waals surface area contributed by atoms with Crippen molar-refractivity contribution in [3.8, 4) is 0 Å². The summed E-state index contributed by atoms with van der Waals surface area (Å²) in [5, 5.41) is 9.44. The third-order valence-corrected chi connectivity index (χ3v) is 6.82. The van der Waals surface area contributed by atoms with Gasteiger partial charge in [0.15, 0.2) is 0 Å². The van der Waals surface area contributed by atoms with Crippen LogP contribution in [-0.4, -0.2) is 29.1 Å². The molecule has 0 spiro atoms. The van der Waals surface area contributed by atoms with Crippen molar-refractivity contribution in [2.75, 3.05) is 0 Å². The molecule has 0 aromatic rings. The first kappa shape index (κ1) is 27.2. The summed E-state index contributed by atoms with van der Waals surface area (Å²) in [6.07, 6.45) is -5.19. The first-order valence-corrected chi connectivity index (χ1v) is 9.61. The van der Waals surface area contributed by atoms with Gasteiger partial charge in [0, 0.05) is 0 Å². The smallest absolute Gasteiger partial charge is 0.430 e. The second-order valence-electron chi connectivity index (χ2n) is 5.14. The number of carbonyl (C=O) groups excluding carboxylic acids is 1. The number of halogens is 4. The van der Waals surface area contributed by atoms with E-state index in [1.165, 1.54) is 0 Å². The molecule has 0 amide bonds. The van der Waals surface area contributed by atoms with E-state index in [1.807, 2.05) is 0 Å². The first-order chi connectivity index (χ1) is 9.68. The van der Waals surface area contributed by atoms with Gasteiger partial charge in [0.2, 0.25) is 0 Å². The van der Waals surface area contributed by atoms with Crippen molar-refractivity contribution < 1.29 is 42.3 Å². The predicted octanol–water partition coefficient (Wildman–Crippen LogP) is 4.70. The average Bonchev–Trinajstić information content (AvgIpc) is 2.27. The van der Waals surface area contributed by atoms with E-state index in [9.17, 15) is 13.2 Å². The molecule has 0 aliphatic heterocycles. The largest absolute Gasteiger partial charge is 0.542 e. The summed E-state index contributed by atoms with van der Waals surface area (Å²) in [5.74, 6) is -3.01. The van der Waals surface area contributed by atoms with Gasteiger partial charge in [-0.05, 0) is 17.0 Å². The number of alkyl halides is 3. The SMILES string of the molecule is C=C(Cl)[CH2][Pd+].CC(C)P(C(C)C)C(C)C.O=C([O-])C(F)(F)F. The van der Waals surface area contributed by atoms with Crippen LogP contribution in [0.3, 0.4) is 0 Å². The number of aliphatic carboxylic acids is 1. The first-order valence-electron chi connectivity index (χ1n) is 6.58. The van der Waals surface area contributed by atoms with Crippen LogP contribution in [0, 0.1) is 0 Å². The molecule has 0 bridgehead atoms. The Hall–Kier alpha value is 0.382. The summed E-state index contributed by atoms with van der Waals surface area (Å²) in [6, 6.07) is 0. The van der Waals surface area contributed by atoms with Crippen molar-refractivity contribution in [3.05, 3.63) is 11.6 Å². The molecule has 8 heteroatoms. The molecule has 0 rings (SSSR count). The Kier molecular flexibility index (Phi) is 17.1. The van der Waals surface area contributed by atoms with Crippen LogP contribution in [0.2, 0.25) is 4.89 Å². The molecule has 2 nitrogen and oxygen atoms in total. The van der Waals surface area contributed by atoms with Gasteiger partial charge < -0.3 is 9.90 Å². The minimum Gasteiger partial charge on any atom is -0.542 e. The number of allylic oxidation sites excluding steroid dienone is 1. The van der Waals surface area contributed by atoms with Crippen LogP contribution in [-0.2, 0) is 24.0 Å². The van der Waals surface area contributed by atoms with Crippen LogP contribution in [0.4, 0.5) is 13.2 Å². The van der Waals surface area contributed by atoms with Gasteiger partial charge in [0.05, 0.1) is 0 Å². The van der Waals surface area contributed by atoms with E-state index in [2.05, 4.69) is 67.3 Å². The minimum absolute atomic E-state index is 0.262. The van der Waals surface area contributed by atoms with E-state index in [0.717, 1.165) is 21.9 Å². The number of carboxylic acids is 1. The molecule has 0 aromatic heterocycles. The molecule has 0 aliphatic rings. The van der Waals surface area contributed by atoms with Gasteiger partial charge in [-0.2, -0.15) is 13.2 Å². The van der Waals surface area contributed by atoms with Gasteiger partial charge in [-0.15, -0.1) is 0 Å². The second kappa shape index (κ2) is 13.8. The maximum Gasteiger partial charge on any atom is 0.430 e. The van der Waals surface area contributed by atoms with Crippen LogP contribution < -0.4 is 5.11 Å². The normalized spacial score (nSPS) is 11.1. The molecule has 0 N–H and O–H groups in total. The molecule has 0 aromatic carbocycles. The summed E-state index contributed by atoms with van der Waals surface area (Å²) in [7, 11) is 0.262. The Morgan fingerprint density at radius 2 is 1.32 bits per heavy atom. The Morgan fingerprint density at radius 1 is 1.14 bits per heavy atom. The molecule has 0 aliphatic carbocycles. The predicted molar refractivity (Wildman–Crippen MR) is 83.2 cm³/mol. The zero-order chi connectivity index (χ0) is 18.7. The zero-order valence-electron chi connectivity index (χ0n) is 13.7. The fourth-order valence-electron chi connectivity index (χ4n) is 1.79. The quantitative estimate of drug-likeness (QED) is 0.456. The third-order valence-electron chi connectivity index (χ3n) is 2.14. The zero-order valence-corrected chi connectivity index (χ0v) is 16.9. The molecule has 0 saturated carbocycles. The number of hydrogen-bond acceptors (Lipinski definition) is 2. The van der Waals surface area contributed by atoms with Crippen molar-refractivity contribution in [2.24, 2.45) is 0 Å². The summed E-state index contributed by atoms with van der Waals surface area (Å²) in [4.78, 5) is 9.51. The van der Waals surface area contributed by atoms with Crippen molar-refractivity contribution >= 4 is 25.5 Å². The van der Waals surface area contributed by atoms with Gasteiger partial charge in [-0.1, -0.05) is 49.5 Å². The summed E-state index contributed by atoms with van der Waals surface area (Å²) in [6.45, 7) is 17.5. The summed E-state index contributed by atoms with van der Waals surface area (Å²) >= 11 is 8.09. The van der Waals surface area contributed by atoms with E-state index < -0.39 is 12.1 Å². The summed E-state index contributed by atoms with van der Waals surface area (Å²) < 4.78 is 31.5. The van der Waals surface area contributed by atoms with E-state index in [4.69, 9.17) is 21.5 Å². The fraction of sp³-hybridized carbons (Fsp3) is 0.786. The van der Waals surface area contributed by atoms with Crippen molar-refractivity contribution in [1.82, 2.24) is 0 Å². The molecular weight excluding hydrogens is 430 g/mol. The van der Waals surface area contributed by atoms with Crippen molar-refractivity contribution in [1.29, 1.82) is 0 Å². The number of carboxylic acid groups (broad SMARTS) is 1. The van der Waals surface area contributed by atoms with Gasteiger partial charge in [-0.25, -0.2) is 0 Å². The number of carbonyl (C=O) groups is 1. The van der Waals surface area contributed by atoms with Gasteiger partial charge >= 0.3 is 53.5 Å². The van der Waals surface area contributed by atoms with E-state index in [1.54, 1.807) is 0 Å². The van der Waals surface area contributed by atoms with E-state index in [-0.39, 0.29) is 7.92 Å². The Morgan fingerprint density at radius 3 is 1.32 bits per heavy atom. The molecule has 0 atom stereocenters. The third kappa shape index (κ3) is 18.4. The van der Waals surface area contributed by atoms with E-state index in [0.29, 0.717) is 5.03 Å². The second-order valence-corrected chi connectivity index (χ2v) is 10.2.